The van der Waals surface area contributed by atoms with Gasteiger partial charge in [0.05, 0.1) is 12.7 Å². The number of aliphatic hydroxyl groups excluding tert-OH is 2. The highest BCUT2D eigenvalue weighted by Gasteiger charge is 2.44. The molecule has 0 spiro atoms. The number of Topliss-reactive ketones (excluding diaryl/α,β-unsaturated/α-hetero) is 1. The molecule has 5 N–H and O–H groups in total. The summed E-state index contributed by atoms with van der Waals surface area (Å²) in [5, 5.41) is 51.0. The van der Waals surface area contributed by atoms with Crippen LogP contribution in [0.15, 0.2) is 39.5 Å². The summed E-state index contributed by atoms with van der Waals surface area (Å²) in [6, 6.07) is 6.46. The molecule has 1 aliphatic rings. The molecule has 2 heterocycles. The molecule has 168 valence electrons. The molecular weight excluding hydrogens is 424 g/mol. The first-order chi connectivity index (χ1) is 15.1. The number of rotatable bonds is 3. The second-order valence-corrected chi connectivity index (χ2v) is 7.43. The zero-order valence-corrected chi connectivity index (χ0v) is 17.0. The van der Waals surface area contributed by atoms with Crippen LogP contribution in [0, 0.1) is 0 Å². The Hall–Kier alpha value is -3.60. The Kier molecular flexibility index (Phi) is 5.29. The molecule has 2 aromatic carbocycles. The summed E-state index contributed by atoms with van der Waals surface area (Å²) in [5.74, 6) is -1.91. The van der Waals surface area contributed by atoms with Crippen molar-refractivity contribution in [2.24, 2.45) is 0 Å². The third kappa shape index (κ3) is 3.34. The van der Waals surface area contributed by atoms with E-state index >= 15 is 0 Å². The summed E-state index contributed by atoms with van der Waals surface area (Å²) >= 11 is 0. The Morgan fingerprint density at radius 3 is 2.41 bits per heavy atom. The van der Waals surface area contributed by atoms with Crippen LogP contribution in [0.5, 0.6) is 23.0 Å². The number of aromatic hydroxyl groups is 3. The van der Waals surface area contributed by atoms with Crippen LogP contribution >= 0.6 is 0 Å². The van der Waals surface area contributed by atoms with Gasteiger partial charge in [0.15, 0.2) is 22.7 Å². The second-order valence-electron chi connectivity index (χ2n) is 7.43. The Labute approximate surface area is 180 Å². The smallest absolute Gasteiger partial charge is 0.197 e. The predicted octanol–water partition coefficient (Wildman–Crippen LogP) is 1.34. The van der Waals surface area contributed by atoms with Crippen LogP contribution in [0.2, 0.25) is 0 Å². The van der Waals surface area contributed by atoms with E-state index < -0.39 is 47.1 Å². The van der Waals surface area contributed by atoms with Gasteiger partial charge in [-0.05, 0) is 25.1 Å². The molecule has 1 aromatic heterocycles. The minimum atomic E-state index is -1.79. The molecule has 1 aliphatic heterocycles. The molecular formula is C22H20O10. The van der Waals surface area contributed by atoms with Crippen LogP contribution in [-0.4, -0.2) is 56.7 Å². The van der Waals surface area contributed by atoms with Gasteiger partial charge in [0, 0.05) is 17.7 Å². The summed E-state index contributed by atoms with van der Waals surface area (Å²) in [7, 11) is 1.36. The number of ether oxygens (including phenoxy) is 2. The molecule has 32 heavy (non-hydrogen) atoms. The highest BCUT2D eigenvalue weighted by Crippen LogP contribution is 2.44. The third-order valence-corrected chi connectivity index (χ3v) is 5.44. The van der Waals surface area contributed by atoms with Gasteiger partial charge in [-0.25, -0.2) is 0 Å². The molecule has 4 atom stereocenters. The van der Waals surface area contributed by atoms with Crippen molar-refractivity contribution in [3.63, 3.8) is 0 Å². The van der Waals surface area contributed by atoms with Gasteiger partial charge >= 0.3 is 0 Å². The fraction of sp³-hybridized carbons (Fsp3) is 0.273. The number of fused-ring (bicyclic) bond motifs is 1. The van der Waals surface area contributed by atoms with Gasteiger partial charge in [-0.15, -0.1) is 0 Å². The molecule has 10 heteroatoms. The van der Waals surface area contributed by atoms with E-state index in [1.165, 1.54) is 32.2 Å². The highest BCUT2D eigenvalue weighted by molar-refractivity contribution is 5.90. The molecule has 0 aliphatic carbocycles. The van der Waals surface area contributed by atoms with Gasteiger partial charge in [0.1, 0.15) is 52.6 Å². The van der Waals surface area contributed by atoms with Crippen molar-refractivity contribution in [3.8, 4) is 34.3 Å². The average molecular weight is 444 g/mol. The minimum absolute atomic E-state index is 0.0796. The Morgan fingerprint density at radius 1 is 1.00 bits per heavy atom. The number of carbonyl (C=O) groups is 1. The largest absolute Gasteiger partial charge is 0.507 e. The summed E-state index contributed by atoms with van der Waals surface area (Å²) in [5.41, 5.74) is -0.784. The van der Waals surface area contributed by atoms with E-state index in [1.54, 1.807) is 0 Å². The van der Waals surface area contributed by atoms with E-state index in [4.69, 9.17) is 13.9 Å². The Morgan fingerprint density at radius 2 is 1.72 bits per heavy atom. The molecule has 1 saturated heterocycles. The van der Waals surface area contributed by atoms with Crippen molar-refractivity contribution in [1.29, 1.82) is 0 Å². The zero-order valence-electron chi connectivity index (χ0n) is 17.0. The van der Waals surface area contributed by atoms with Gasteiger partial charge in [-0.1, -0.05) is 0 Å². The van der Waals surface area contributed by atoms with Crippen molar-refractivity contribution < 1.29 is 44.2 Å². The van der Waals surface area contributed by atoms with Crippen molar-refractivity contribution >= 4 is 16.8 Å². The summed E-state index contributed by atoms with van der Waals surface area (Å²) in [6.07, 6.45) is -6.15. The molecule has 0 amide bonds. The lowest BCUT2D eigenvalue weighted by atomic mass is 9.91. The van der Waals surface area contributed by atoms with Crippen LogP contribution < -0.4 is 10.2 Å². The van der Waals surface area contributed by atoms with E-state index in [-0.39, 0.29) is 33.8 Å². The topological polar surface area (TPSA) is 167 Å². The fourth-order valence-electron chi connectivity index (χ4n) is 3.74. The predicted molar refractivity (Wildman–Crippen MR) is 110 cm³/mol. The second kappa shape index (κ2) is 7.83. The van der Waals surface area contributed by atoms with Crippen LogP contribution in [0.1, 0.15) is 18.6 Å². The standard InChI is InChI=1S/C22H20O10/c1-8-18(26)20(28)21(29)22(31-8)17-12(25)7-15-16(19(17)27)11(24)6-13(32-15)9-3-4-10(23)14(5-9)30-2/h3-8,20-23,25,27-29H,1-2H3/t8?,20-,21?,22+/m0/s1. The number of phenolic OH excluding ortho intramolecular Hbond substituents is 3. The number of ketones is 1. The maximum absolute atomic E-state index is 12.8. The lowest BCUT2D eigenvalue weighted by molar-refractivity contribution is -0.181. The molecule has 0 radical (unpaired) electrons. The van der Waals surface area contributed by atoms with Crippen LogP contribution in [-0.2, 0) is 9.53 Å². The molecule has 1 fully saturated rings. The number of benzene rings is 2. The lowest BCUT2D eigenvalue weighted by Crippen LogP contribution is -2.50. The van der Waals surface area contributed by atoms with Crippen molar-refractivity contribution in [3.05, 3.63) is 46.1 Å². The molecule has 2 unspecified atom stereocenters. The molecule has 0 bridgehead atoms. The Balaban J connectivity index is 1.87. The average Bonchev–Trinajstić information content (AvgIpc) is 2.75. The number of phenols is 3. The monoisotopic (exact) mass is 444 g/mol. The number of methoxy groups -OCH3 is 1. The van der Waals surface area contributed by atoms with Crippen LogP contribution in [0.25, 0.3) is 22.3 Å². The van der Waals surface area contributed by atoms with E-state index in [9.17, 15) is 35.1 Å². The Bertz CT molecular complexity index is 1280. The number of carbonyl (C=O) groups excluding carboxylic acids is 1. The summed E-state index contributed by atoms with van der Waals surface area (Å²) in [4.78, 5) is 24.7. The highest BCUT2D eigenvalue weighted by atomic mass is 16.5. The maximum Gasteiger partial charge on any atom is 0.197 e. The zero-order chi connectivity index (χ0) is 23.3. The summed E-state index contributed by atoms with van der Waals surface area (Å²) in [6.45, 7) is 1.35. The molecule has 3 aromatic rings. The first kappa shape index (κ1) is 21.6. The lowest BCUT2D eigenvalue weighted by Gasteiger charge is -2.35. The number of hydrogen-bond donors (Lipinski definition) is 5. The fourth-order valence-corrected chi connectivity index (χ4v) is 3.74. The molecule has 0 saturated carbocycles. The van der Waals surface area contributed by atoms with Gasteiger partial charge in [-0.2, -0.15) is 0 Å². The number of hydrogen-bond acceptors (Lipinski definition) is 10. The first-order valence-corrected chi connectivity index (χ1v) is 9.59. The van der Waals surface area contributed by atoms with Gasteiger partial charge in [0.25, 0.3) is 0 Å². The minimum Gasteiger partial charge on any atom is -0.507 e. The van der Waals surface area contributed by atoms with E-state index in [2.05, 4.69) is 0 Å². The quantitative estimate of drug-likeness (QED) is 0.398. The van der Waals surface area contributed by atoms with Crippen LogP contribution in [0.3, 0.4) is 0 Å². The van der Waals surface area contributed by atoms with Crippen LogP contribution in [0.4, 0.5) is 0 Å². The molecule has 4 rings (SSSR count). The molecule has 10 nitrogen and oxygen atoms in total. The summed E-state index contributed by atoms with van der Waals surface area (Å²) < 4.78 is 16.1. The van der Waals surface area contributed by atoms with E-state index in [0.717, 1.165) is 12.1 Å². The van der Waals surface area contributed by atoms with Gasteiger partial charge in [-0.3, -0.25) is 9.59 Å². The van der Waals surface area contributed by atoms with E-state index in [0.29, 0.717) is 5.56 Å². The van der Waals surface area contributed by atoms with Crippen molar-refractivity contribution in [2.75, 3.05) is 7.11 Å². The SMILES string of the molecule is COc1cc(-c2cc(=O)c3c(O)c([C@H]4OC(C)C(=O)[C@H](O)C4O)c(O)cc3o2)ccc1O. The third-order valence-electron chi connectivity index (χ3n) is 5.44. The normalized spacial score (nSPS) is 23.4. The van der Waals surface area contributed by atoms with Gasteiger partial charge < -0.3 is 39.4 Å². The van der Waals surface area contributed by atoms with Crippen molar-refractivity contribution in [2.45, 2.75) is 31.3 Å². The number of aliphatic hydroxyl groups is 2. The van der Waals surface area contributed by atoms with E-state index in [1.807, 2.05) is 0 Å². The van der Waals surface area contributed by atoms with Gasteiger partial charge in [0.2, 0.25) is 0 Å². The van der Waals surface area contributed by atoms with Crippen molar-refractivity contribution in [1.82, 2.24) is 0 Å². The maximum atomic E-state index is 12.8. The first-order valence-electron chi connectivity index (χ1n) is 9.59.